The molecule has 1 aromatic carbocycles. The molecular weight excluding hydrogens is 238 g/mol. The average Bonchev–Trinajstić information content (AvgIpc) is 2.35. The molecule has 0 aliphatic carbocycles. The lowest BCUT2D eigenvalue weighted by Gasteiger charge is -2.33. The molecule has 0 fully saturated rings. The van der Waals surface area contributed by atoms with E-state index in [2.05, 4.69) is 49.9 Å². The molecule has 0 radical (unpaired) electrons. The standard InChI is InChI=1S/C16H25NO2/c1-11(2)14(16(18)19-6)15(17(4)5)13-9-7-12(3)8-10-13/h7-11,14-15H,1-6H3. The van der Waals surface area contributed by atoms with Crippen LogP contribution in [0, 0.1) is 18.8 Å². The van der Waals surface area contributed by atoms with Gasteiger partial charge in [-0.05, 0) is 32.5 Å². The molecule has 2 unspecified atom stereocenters. The van der Waals surface area contributed by atoms with Gasteiger partial charge in [0.2, 0.25) is 0 Å². The van der Waals surface area contributed by atoms with Crippen molar-refractivity contribution in [1.29, 1.82) is 0 Å². The Kier molecular flexibility index (Phi) is 5.55. The quantitative estimate of drug-likeness (QED) is 0.765. The Bertz CT molecular complexity index is 409. The fourth-order valence-corrected chi connectivity index (χ4v) is 2.49. The van der Waals surface area contributed by atoms with E-state index in [0.717, 1.165) is 5.56 Å². The lowest BCUT2D eigenvalue weighted by Crippen LogP contribution is -2.36. The maximum absolute atomic E-state index is 12.1. The predicted molar refractivity (Wildman–Crippen MR) is 78.0 cm³/mol. The summed E-state index contributed by atoms with van der Waals surface area (Å²) >= 11 is 0. The fourth-order valence-electron chi connectivity index (χ4n) is 2.49. The van der Waals surface area contributed by atoms with Gasteiger partial charge in [-0.25, -0.2) is 0 Å². The number of nitrogens with zero attached hydrogens (tertiary/aromatic N) is 1. The largest absolute Gasteiger partial charge is 0.469 e. The molecule has 0 aliphatic heterocycles. The van der Waals surface area contributed by atoms with Crippen LogP contribution in [-0.4, -0.2) is 32.1 Å². The van der Waals surface area contributed by atoms with Crippen LogP contribution in [0.2, 0.25) is 0 Å². The monoisotopic (exact) mass is 263 g/mol. The molecule has 0 heterocycles. The van der Waals surface area contributed by atoms with Gasteiger partial charge in [0.25, 0.3) is 0 Å². The minimum atomic E-state index is -0.164. The third-order valence-corrected chi connectivity index (χ3v) is 3.51. The van der Waals surface area contributed by atoms with Crippen LogP contribution in [0.3, 0.4) is 0 Å². The highest BCUT2D eigenvalue weighted by Crippen LogP contribution is 2.33. The van der Waals surface area contributed by atoms with Crippen molar-refractivity contribution in [2.75, 3.05) is 21.2 Å². The van der Waals surface area contributed by atoms with Gasteiger partial charge in [0.1, 0.15) is 0 Å². The molecule has 106 valence electrons. The van der Waals surface area contributed by atoms with Gasteiger partial charge in [-0.3, -0.25) is 4.79 Å². The number of rotatable bonds is 5. The first-order chi connectivity index (χ1) is 8.88. The van der Waals surface area contributed by atoms with Crippen LogP contribution < -0.4 is 0 Å². The number of ether oxygens (including phenoxy) is 1. The van der Waals surface area contributed by atoms with Crippen molar-refractivity contribution in [3.8, 4) is 0 Å². The van der Waals surface area contributed by atoms with Crippen molar-refractivity contribution < 1.29 is 9.53 Å². The van der Waals surface area contributed by atoms with Crippen molar-refractivity contribution in [3.63, 3.8) is 0 Å². The molecule has 1 aromatic rings. The van der Waals surface area contributed by atoms with E-state index in [0.29, 0.717) is 0 Å². The summed E-state index contributed by atoms with van der Waals surface area (Å²) in [5, 5.41) is 0. The molecule has 0 N–H and O–H groups in total. The summed E-state index contributed by atoms with van der Waals surface area (Å²) in [5.41, 5.74) is 2.38. The van der Waals surface area contributed by atoms with Crippen molar-refractivity contribution in [1.82, 2.24) is 4.90 Å². The van der Waals surface area contributed by atoms with Crippen molar-refractivity contribution in [3.05, 3.63) is 35.4 Å². The number of hydrogen-bond donors (Lipinski definition) is 0. The van der Waals surface area contributed by atoms with Crippen molar-refractivity contribution >= 4 is 5.97 Å². The third kappa shape index (κ3) is 3.80. The van der Waals surface area contributed by atoms with Crippen LogP contribution in [0.25, 0.3) is 0 Å². The summed E-state index contributed by atoms with van der Waals surface area (Å²) in [7, 11) is 5.46. The smallest absolute Gasteiger partial charge is 0.310 e. The van der Waals surface area contributed by atoms with E-state index in [-0.39, 0.29) is 23.8 Å². The summed E-state index contributed by atoms with van der Waals surface area (Å²) < 4.78 is 4.98. The van der Waals surface area contributed by atoms with E-state index in [1.165, 1.54) is 12.7 Å². The van der Waals surface area contributed by atoms with E-state index in [1.807, 2.05) is 14.1 Å². The maximum Gasteiger partial charge on any atom is 0.310 e. The second-order valence-electron chi connectivity index (χ2n) is 5.61. The van der Waals surface area contributed by atoms with Crippen molar-refractivity contribution in [2.45, 2.75) is 26.8 Å². The highest BCUT2D eigenvalue weighted by atomic mass is 16.5. The Balaban J connectivity index is 3.17. The van der Waals surface area contributed by atoms with Crippen LogP contribution in [-0.2, 0) is 9.53 Å². The highest BCUT2D eigenvalue weighted by molar-refractivity contribution is 5.73. The predicted octanol–water partition coefficient (Wildman–Crippen LogP) is 3.04. The van der Waals surface area contributed by atoms with E-state index in [1.54, 1.807) is 0 Å². The molecule has 19 heavy (non-hydrogen) atoms. The number of methoxy groups -OCH3 is 1. The summed E-state index contributed by atoms with van der Waals surface area (Å²) in [4.78, 5) is 14.2. The number of carbonyl (C=O) groups is 1. The zero-order valence-electron chi connectivity index (χ0n) is 12.8. The van der Waals surface area contributed by atoms with Gasteiger partial charge >= 0.3 is 5.97 Å². The second-order valence-corrected chi connectivity index (χ2v) is 5.61. The topological polar surface area (TPSA) is 29.5 Å². The van der Waals surface area contributed by atoms with Crippen LogP contribution in [0.15, 0.2) is 24.3 Å². The number of hydrogen-bond acceptors (Lipinski definition) is 3. The highest BCUT2D eigenvalue weighted by Gasteiger charge is 2.34. The summed E-state index contributed by atoms with van der Waals surface area (Å²) in [6.07, 6.45) is 0. The number of aryl methyl sites for hydroxylation is 1. The summed E-state index contributed by atoms with van der Waals surface area (Å²) in [6.45, 7) is 6.19. The van der Waals surface area contributed by atoms with E-state index in [4.69, 9.17) is 4.74 Å². The average molecular weight is 263 g/mol. The zero-order valence-corrected chi connectivity index (χ0v) is 12.8. The molecule has 3 heteroatoms. The van der Waals surface area contributed by atoms with Crippen LogP contribution >= 0.6 is 0 Å². The van der Waals surface area contributed by atoms with E-state index < -0.39 is 0 Å². The van der Waals surface area contributed by atoms with Gasteiger partial charge in [0, 0.05) is 6.04 Å². The lowest BCUT2D eigenvalue weighted by atomic mass is 9.83. The Morgan fingerprint density at radius 3 is 2.05 bits per heavy atom. The Hall–Kier alpha value is -1.35. The zero-order chi connectivity index (χ0) is 14.6. The van der Waals surface area contributed by atoms with Gasteiger partial charge in [0.15, 0.2) is 0 Å². The second kappa shape index (κ2) is 6.71. The Labute approximate surface area is 116 Å². The Morgan fingerprint density at radius 1 is 1.16 bits per heavy atom. The summed E-state index contributed by atoms with van der Waals surface area (Å²) in [6, 6.07) is 8.39. The van der Waals surface area contributed by atoms with Gasteiger partial charge < -0.3 is 9.64 Å². The minimum Gasteiger partial charge on any atom is -0.469 e. The molecule has 0 amide bonds. The molecular formula is C16H25NO2. The SMILES string of the molecule is COC(=O)C(C(C)C)C(c1ccc(C)cc1)N(C)C. The summed E-state index contributed by atoms with van der Waals surface area (Å²) in [5.74, 6) is -0.0851. The first-order valence-electron chi connectivity index (χ1n) is 6.69. The Morgan fingerprint density at radius 2 is 1.68 bits per heavy atom. The number of benzene rings is 1. The van der Waals surface area contributed by atoms with Gasteiger partial charge in [-0.2, -0.15) is 0 Å². The van der Waals surface area contributed by atoms with Gasteiger partial charge in [-0.15, -0.1) is 0 Å². The molecule has 0 saturated carbocycles. The molecule has 0 bridgehead atoms. The van der Waals surface area contributed by atoms with E-state index in [9.17, 15) is 4.79 Å². The third-order valence-electron chi connectivity index (χ3n) is 3.51. The van der Waals surface area contributed by atoms with Crippen LogP contribution in [0.1, 0.15) is 31.0 Å². The molecule has 0 saturated heterocycles. The van der Waals surface area contributed by atoms with Crippen molar-refractivity contribution in [2.24, 2.45) is 11.8 Å². The number of carbonyl (C=O) groups excluding carboxylic acids is 1. The first-order valence-corrected chi connectivity index (χ1v) is 6.69. The maximum atomic E-state index is 12.1. The molecule has 3 nitrogen and oxygen atoms in total. The van der Waals surface area contributed by atoms with Crippen LogP contribution in [0.5, 0.6) is 0 Å². The normalized spacial score (nSPS) is 14.5. The molecule has 0 aliphatic rings. The lowest BCUT2D eigenvalue weighted by molar-refractivity contribution is -0.149. The molecule has 2 atom stereocenters. The molecule has 1 rings (SSSR count). The number of esters is 1. The van der Waals surface area contributed by atoms with E-state index >= 15 is 0 Å². The van der Waals surface area contributed by atoms with Crippen LogP contribution in [0.4, 0.5) is 0 Å². The fraction of sp³-hybridized carbons (Fsp3) is 0.562. The molecule has 0 aromatic heterocycles. The first kappa shape index (κ1) is 15.7. The molecule has 0 spiro atoms. The minimum absolute atomic E-state index is 0.0352. The van der Waals surface area contributed by atoms with Gasteiger partial charge in [0.05, 0.1) is 13.0 Å². The van der Waals surface area contributed by atoms with Gasteiger partial charge in [-0.1, -0.05) is 43.7 Å².